The molecule has 0 aliphatic rings. The highest BCUT2D eigenvalue weighted by atomic mass is 79.9. The Labute approximate surface area is 127 Å². The van der Waals surface area contributed by atoms with Crippen LogP contribution in [0, 0.1) is 0 Å². The van der Waals surface area contributed by atoms with Gasteiger partial charge in [-0.3, -0.25) is 4.68 Å². The first-order valence-electron chi connectivity index (χ1n) is 6.67. The van der Waals surface area contributed by atoms with Gasteiger partial charge in [-0.1, -0.05) is 6.07 Å². The van der Waals surface area contributed by atoms with Gasteiger partial charge in [0.15, 0.2) is 0 Å². The first-order chi connectivity index (χ1) is 9.69. The largest absolute Gasteiger partial charge is 0.478 e. The summed E-state index contributed by atoms with van der Waals surface area (Å²) in [6.07, 6.45) is 5.51. The average Bonchev–Trinajstić information content (AvgIpc) is 2.83. The molecule has 20 heavy (non-hydrogen) atoms. The van der Waals surface area contributed by atoms with E-state index in [-0.39, 0.29) is 0 Å². The Morgan fingerprint density at radius 2 is 2.35 bits per heavy atom. The van der Waals surface area contributed by atoms with Crippen molar-refractivity contribution in [3.63, 3.8) is 0 Å². The Morgan fingerprint density at radius 3 is 3.05 bits per heavy atom. The van der Waals surface area contributed by atoms with Crippen LogP contribution >= 0.6 is 15.9 Å². The molecule has 0 unspecified atom stereocenters. The summed E-state index contributed by atoms with van der Waals surface area (Å²) in [4.78, 5) is 4.25. The van der Waals surface area contributed by atoms with Crippen molar-refractivity contribution in [2.24, 2.45) is 0 Å². The number of nitrogens with one attached hydrogen (secondary N) is 1. The van der Waals surface area contributed by atoms with Crippen LogP contribution in [-0.4, -0.2) is 27.4 Å². The van der Waals surface area contributed by atoms with E-state index in [2.05, 4.69) is 38.3 Å². The molecule has 2 rings (SSSR count). The molecule has 2 aromatic rings. The summed E-state index contributed by atoms with van der Waals surface area (Å²) < 4.78 is 8.42. The SMILES string of the molecule is CCOc1ncccc1CN[C@@H](C)Cn1cc(Br)cn1. The molecule has 2 heterocycles. The number of hydrogen-bond donors (Lipinski definition) is 1. The van der Waals surface area contributed by atoms with Crippen LogP contribution < -0.4 is 10.1 Å². The second-order valence-electron chi connectivity index (χ2n) is 4.56. The quantitative estimate of drug-likeness (QED) is 0.843. The molecule has 0 amide bonds. The lowest BCUT2D eigenvalue weighted by atomic mass is 10.2. The van der Waals surface area contributed by atoms with E-state index in [1.807, 2.05) is 29.9 Å². The van der Waals surface area contributed by atoms with Crippen LogP contribution in [0.2, 0.25) is 0 Å². The van der Waals surface area contributed by atoms with Gasteiger partial charge in [-0.25, -0.2) is 4.98 Å². The monoisotopic (exact) mass is 338 g/mol. The molecule has 1 atom stereocenters. The van der Waals surface area contributed by atoms with Gasteiger partial charge in [-0.15, -0.1) is 0 Å². The first kappa shape index (κ1) is 15.0. The number of hydrogen-bond acceptors (Lipinski definition) is 4. The molecule has 108 valence electrons. The third-order valence-electron chi connectivity index (χ3n) is 2.83. The smallest absolute Gasteiger partial charge is 0.217 e. The minimum Gasteiger partial charge on any atom is -0.478 e. The van der Waals surface area contributed by atoms with E-state index >= 15 is 0 Å². The number of ether oxygens (including phenoxy) is 1. The normalized spacial score (nSPS) is 12.3. The maximum Gasteiger partial charge on any atom is 0.217 e. The summed E-state index contributed by atoms with van der Waals surface area (Å²) >= 11 is 3.40. The second kappa shape index (κ2) is 7.40. The molecule has 0 spiro atoms. The minimum absolute atomic E-state index is 0.302. The van der Waals surface area contributed by atoms with Crippen LogP contribution in [0.15, 0.2) is 35.2 Å². The Balaban J connectivity index is 1.88. The first-order valence-corrected chi connectivity index (χ1v) is 7.46. The van der Waals surface area contributed by atoms with Crippen molar-refractivity contribution in [2.75, 3.05) is 6.61 Å². The lowest BCUT2D eigenvalue weighted by Gasteiger charge is -2.15. The summed E-state index contributed by atoms with van der Waals surface area (Å²) in [5, 5.41) is 7.71. The maximum atomic E-state index is 5.52. The topological polar surface area (TPSA) is 52.0 Å². The predicted octanol–water partition coefficient (Wildman–Crippen LogP) is 2.62. The van der Waals surface area contributed by atoms with Crippen molar-refractivity contribution in [3.8, 4) is 5.88 Å². The summed E-state index contributed by atoms with van der Waals surface area (Å²) in [6.45, 7) is 6.26. The molecule has 5 nitrogen and oxygen atoms in total. The zero-order valence-electron chi connectivity index (χ0n) is 11.7. The molecule has 0 radical (unpaired) electrons. The molecule has 0 aromatic carbocycles. The van der Waals surface area contributed by atoms with Gasteiger partial charge >= 0.3 is 0 Å². The Hall–Kier alpha value is -1.40. The molecule has 0 aliphatic carbocycles. The van der Waals surface area contributed by atoms with Crippen LogP contribution in [0.3, 0.4) is 0 Å². The van der Waals surface area contributed by atoms with Crippen LogP contribution in [0.1, 0.15) is 19.4 Å². The van der Waals surface area contributed by atoms with Crippen molar-refractivity contribution < 1.29 is 4.74 Å². The van der Waals surface area contributed by atoms with Crippen molar-refractivity contribution in [2.45, 2.75) is 33.0 Å². The Kier molecular flexibility index (Phi) is 5.55. The van der Waals surface area contributed by atoms with Gasteiger partial charge in [0.1, 0.15) is 0 Å². The lowest BCUT2D eigenvalue weighted by molar-refractivity contribution is 0.320. The van der Waals surface area contributed by atoms with Gasteiger partial charge in [0.05, 0.1) is 23.8 Å². The third-order valence-corrected chi connectivity index (χ3v) is 3.24. The van der Waals surface area contributed by atoms with Gasteiger partial charge in [0.2, 0.25) is 5.88 Å². The summed E-state index contributed by atoms with van der Waals surface area (Å²) in [5.41, 5.74) is 1.07. The van der Waals surface area contributed by atoms with Crippen molar-refractivity contribution in [1.82, 2.24) is 20.1 Å². The Morgan fingerprint density at radius 1 is 1.50 bits per heavy atom. The molecule has 0 aliphatic heterocycles. The van der Waals surface area contributed by atoms with Crippen LogP contribution in [0.5, 0.6) is 5.88 Å². The van der Waals surface area contributed by atoms with Gasteiger partial charge in [-0.05, 0) is 35.8 Å². The zero-order valence-corrected chi connectivity index (χ0v) is 13.3. The number of aromatic nitrogens is 3. The zero-order chi connectivity index (χ0) is 14.4. The molecule has 6 heteroatoms. The fourth-order valence-electron chi connectivity index (χ4n) is 1.89. The van der Waals surface area contributed by atoms with Gasteiger partial charge in [-0.2, -0.15) is 5.10 Å². The van der Waals surface area contributed by atoms with Crippen LogP contribution in [0.25, 0.3) is 0 Å². The van der Waals surface area contributed by atoms with Gasteiger partial charge < -0.3 is 10.1 Å². The standard InChI is InChI=1S/C14H19BrN4O/c1-3-20-14-12(5-4-6-16-14)7-17-11(2)9-19-10-13(15)8-18-19/h4-6,8,10-11,17H,3,7,9H2,1-2H3/t11-/m0/s1. The highest BCUT2D eigenvalue weighted by Gasteiger charge is 2.07. The van der Waals surface area contributed by atoms with E-state index in [0.29, 0.717) is 18.5 Å². The Bertz CT molecular complexity index is 543. The fourth-order valence-corrected chi connectivity index (χ4v) is 2.22. The van der Waals surface area contributed by atoms with Crippen LogP contribution in [0.4, 0.5) is 0 Å². The average molecular weight is 339 g/mol. The predicted molar refractivity (Wildman–Crippen MR) is 81.6 cm³/mol. The maximum absolute atomic E-state index is 5.52. The minimum atomic E-state index is 0.302. The van der Waals surface area contributed by atoms with Crippen molar-refractivity contribution >= 4 is 15.9 Å². The second-order valence-corrected chi connectivity index (χ2v) is 5.48. The molecule has 0 fully saturated rings. The summed E-state index contributed by atoms with van der Waals surface area (Å²) in [7, 11) is 0. The highest BCUT2D eigenvalue weighted by Crippen LogP contribution is 2.14. The van der Waals surface area contributed by atoms with Gasteiger partial charge in [0.25, 0.3) is 0 Å². The molecule has 0 saturated carbocycles. The molecule has 0 bridgehead atoms. The molecular formula is C14H19BrN4O. The fraction of sp³-hybridized carbons (Fsp3) is 0.429. The van der Waals surface area contributed by atoms with Crippen molar-refractivity contribution in [3.05, 3.63) is 40.8 Å². The lowest BCUT2D eigenvalue weighted by Crippen LogP contribution is -2.30. The van der Waals surface area contributed by atoms with E-state index in [4.69, 9.17) is 4.74 Å². The van der Waals surface area contributed by atoms with Crippen LogP contribution in [-0.2, 0) is 13.1 Å². The van der Waals surface area contributed by atoms with E-state index in [1.54, 1.807) is 12.4 Å². The van der Waals surface area contributed by atoms with E-state index in [1.165, 1.54) is 0 Å². The molecule has 1 N–H and O–H groups in total. The number of halogens is 1. The molecule has 0 saturated heterocycles. The summed E-state index contributed by atoms with van der Waals surface area (Å²) in [6, 6.07) is 4.26. The van der Waals surface area contributed by atoms with Gasteiger partial charge in [0, 0.05) is 30.5 Å². The number of rotatable bonds is 7. The highest BCUT2D eigenvalue weighted by molar-refractivity contribution is 9.10. The van der Waals surface area contributed by atoms with E-state index in [0.717, 1.165) is 23.1 Å². The third kappa shape index (κ3) is 4.31. The van der Waals surface area contributed by atoms with E-state index in [9.17, 15) is 0 Å². The molecule has 2 aromatic heterocycles. The number of nitrogens with zero attached hydrogens (tertiary/aromatic N) is 3. The van der Waals surface area contributed by atoms with E-state index < -0.39 is 0 Å². The number of pyridine rings is 1. The molecular weight excluding hydrogens is 320 g/mol. The summed E-state index contributed by atoms with van der Waals surface area (Å²) in [5.74, 6) is 0.705. The van der Waals surface area contributed by atoms with Crippen molar-refractivity contribution in [1.29, 1.82) is 0 Å².